The molecule has 0 saturated heterocycles. The molecule has 0 aliphatic heterocycles. The van der Waals surface area contributed by atoms with Gasteiger partial charge in [0, 0.05) is 17.8 Å². The third-order valence-electron chi connectivity index (χ3n) is 6.91. The molecule has 1 saturated carbocycles. The molecule has 212 valence electrons. The highest BCUT2D eigenvalue weighted by atomic mass is 35.5. The van der Waals surface area contributed by atoms with Crippen LogP contribution in [-0.4, -0.2) is 38.8 Å². The molecule has 39 heavy (non-hydrogen) atoms. The Kier molecular flexibility index (Phi) is 12.3. The van der Waals surface area contributed by atoms with Crippen LogP contribution in [0.1, 0.15) is 64.8 Å². The Labute approximate surface area is 243 Å². The number of benzene rings is 3. The lowest BCUT2D eigenvalue weighted by molar-refractivity contribution is 0.0980. The maximum atomic E-state index is 12.7. The Balaban J connectivity index is 0.00000267. The largest absolute Gasteiger partial charge is 0.399 e. The summed E-state index contributed by atoms with van der Waals surface area (Å²) < 4.78 is 25.4. The van der Waals surface area contributed by atoms with Gasteiger partial charge < -0.3 is 16.2 Å². The quantitative estimate of drug-likeness (QED) is 0.194. The lowest BCUT2D eigenvalue weighted by Crippen LogP contribution is -2.30. The predicted molar refractivity (Wildman–Crippen MR) is 162 cm³/mol. The SMILES string of the molecule is CS(=O)(=O)NC(=O)c1ccc(-c2ccc(CCNC[C@@H](O)c3ccc(N)cc3)cc2)cc1C1CCCC1.Cl.Cl. The second kappa shape index (κ2) is 14.7. The third-order valence-corrected chi connectivity index (χ3v) is 7.46. The predicted octanol–water partition coefficient (Wildman–Crippen LogP) is 4.99. The molecule has 0 unspecified atom stereocenters. The molecule has 0 spiro atoms. The highest BCUT2D eigenvalue weighted by Crippen LogP contribution is 2.38. The van der Waals surface area contributed by atoms with Crippen molar-refractivity contribution in [2.24, 2.45) is 0 Å². The van der Waals surface area contributed by atoms with Gasteiger partial charge in [0.05, 0.1) is 12.4 Å². The fourth-order valence-corrected chi connectivity index (χ4v) is 5.37. The average molecular weight is 595 g/mol. The van der Waals surface area contributed by atoms with Gasteiger partial charge in [-0.25, -0.2) is 13.1 Å². The molecule has 1 amide bonds. The van der Waals surface area contributed by atoms with Gasteiger partial charge in [-0.1, -0.05) is 61.4 Å². The number of aliphatic hydroxyl groups is 1. The molecule has 0 radical (unpaired) electrons. The van der Waals surface area contributed by atoms with Gasteiger partial charge in [-0.2, -0.15) is 0 Å². The van der Waals surface area contributed by atoms with Crippen molar-refractivity contribution < 1.29 is 18.3 Å². The van der Waals surface area contributed by atoms with Crippen LogP contribution in [0.4, 0.5) is 5.69 Å². The van der Waals surface area contributed by atoms with Gasteiger partial charge in [0.2, 0.25) is 10.0 Å². The average Bonchev–Trinajstić information content (AvgIpc) is 3.41. The summed E-state index contributed by atoms with van der Waals surface area (Å²) in [6.07, 6.45) is 5.46. The Morgan fingerprint density at radius 1 is 0.974 bits per heavy atom. The fourth-order valence-electron chi connectivity index (χ4n) is 4.92. The summed E-state index contributed by atoms with van der Waals surface area (Å²) in [5.41, 5.74) is 11.8. The van der Waals surface area contributed by atoms with Gasteiger partial charge >= 0.3 is 0 Å². The number of nitrogens with one attached hydrogen (secondary N) is 2. The minimum Gasteiger partial charge on any atom is -0.399 e. The summed E-state index contributed by atoms with van der Waals surface area (Å²) in [6, 6.07) is 21.2. The van der Waals surface area contributed by atoms with Crippen LogP contribution in [0.5, 0.6) is 0 Å². The summed E-state index contributed by atoms with van der Waals surface area (Å²) in [4.78, 5) is 12.7. The molecule has 4 rings (SSSR count). The summed E-state index contributed by atoms with van der Waals surface area (Å²) in [7, 11) is -3.63. The second-order valence-electron chi connectivity index (χ2n) is 9.82. The number of sulfonamides is 1. The normalized spacial score (nSPS) is 14.2. The zero-order valence-corrected chi connectivity index (χ0v) is 24.4. The molecular formula is C29H37Cl2N3O4S. The van der Waals surface area contributed by atoms with E-state index in [1.807, 2.05) is 24.3 Å². The molecule has 1 aliphatic carbocycles. The molecule has 3 aromatic rings. The van der Waals surface area contributed by atoms with Crippen LogP contribution in [-0.2, 0) is 16.4 Å². The van der Waals surface area contributed by atoms with E-state index in [0.29, 0.717) is 17.8 Å². The van der Waals surface area contributed by atoms with Crippen LogP contribution < -0.4 is 15.8 Å². The van der Waals surface area contributed by atoms with Crippen molar-refractivity contribution in [3.05, 3.63) is 89.0 Å². The second-order valence-corrected chi connectivity index (χ2v) is 11.6. The van der Waals surface area contributed by atoms with Crippen molar-refractivity contribution >= 4 is 46.4 Å². The van der Waals surface area contributed by atoms with E-state index in [4.69, 9.17) is 5.73 Å². The van der Waals surface area contributed by atoms with Crippen molar-refractivity contribution in [1.29, 1.82) is 0 Å². The molecule has 3 aromatic carbocycles. The number of hydrogen-bond acceptors (Lipinski definition) is 6. The number of amides is 1. The van der Waals surface area contributed by atoms with Gasteiger partial charge in [0.25, 0.3) is 5.91 Å². The van der Waals surface area contributed by atoms with Crippen molar-refractivity contribution in [3.63, 3.8) is 0 Å². The lowest BCUT2D eigenvalue weighted by atomic mass is 9.89. The standard InChI is InChI=1S/C29H35N3O4S.2ClH/c1-37(35,36)32-29(34)26-15-12-24(18-27(26)22-4-2-3-5-22)21-8-6-20(7-9-21)16-17-31-19-28(33)23-10-13-25(30)14-11-23;;/h6-15,18,22,28,31,33H,2-5,16-17,19,30H2,1H3,(H,32,34);2*1H/t28-;;/m1../s1. The highest BCUT2D eigenvalue weighted by Gasteiger charge is 2.24. The molecule has 0 aromatic heterocycles. The zero-order valence-electron chi connectivity index (χ0n) is 21.9. The van der Waals surface area contributed by atoms with Crippen molar-refractivity contribution in [2.45, 2.75) is 44.1 Å². The summed E-state index contributed by atoms with van der Waals surface area (Å²) in [6.45, 7) is 1.20. The number of rotatable bonds is 10. The fraction of sp³-hybridized carbons (Fsp3) is 0.345. The molecule has 5 N–H and O–H groups in total. The molecule has 0 heterocycles. The Morgan fingerprint density at radius 3 is 2.21 bits per heavy atom. The Bertz CT molecular complexity index is 1330. The van der Waals surface area contributed by atoms with E-state index in [1.54, 1.807) is 18.2 Å². The van der Waals surface area contributed by atoms with E-state index < -0.39 is 22.0 Å². The van der Waals surface area contributed by atoms with E-state index in [-0.39, 0.29) is 30.7 Å². The number of carbonyl (C=O) groups is 1. The number of nitrogen functional groups attached to an aromatic ring is 1. The molecule has 0 bridgehead atoms. The summed E-state index contributed by atoms with van der Waals surface area (Å²) in [5.74, 6) is -0.311. The maximum absolute atomic E-state index is 12.7. The van der Waals surface area contributed by atoms with E-state index in [0.717, 1.165) is 67.2 Å². The van der Waals surface area contributed by atoms with E-state index in [1.165, 1.54) is 5.56 Å². The summed E-state index contributed by atoms with van der Waals surface area (Å²) in [5, 5.41) is 13.6. The highest BCUT2D eigenvalue weighted by molar-refractivity contribution is 7.89. The summed E-state index contributed by atoms with van der Waals surface area (Å²) >= 11 is 0. The van der Waals surface area contributed by atoms with Crippen LogP contribution in [0, 0.1) is 0 Å². The van der Waals surface area contributed by atoms with E-state index >= 15 is 0 Å². The minimum atomic E-state index is -3.63. The van der Waals surface area contributed by atoms with Crippen molar-refractivity contribution in [1.82, 2.24) is 10.0 Å². The monoisotopic (exact) mass is 593 g/mol. The number of carbonyl (C=O) groups excluding carboxylic acids is 1. The molecule has 7 nitrogen and oxygen atoms in total. The Hall–Kier alpha value is -2.62. The number of aliphatic hydroxyl groups excluding tert-OH is 1. The molecule has 1 aliphatic rings. The van der Waals surface area contributed by atoms with Crippen LogP contribution in [0.25, 0.3) is 11.1 Å². The number of anilines is 1. The maximum Gasteiger partial charge on any atom is 0.265 e. The Morgan fingerprint density at radius 2 is 1.59 bits per heavy atom. The first-order chi connectivity index (χ1) is 17.7. The van der Waals surface area contributed by atoms with Crippen molar-refractivity contribution in [2.75, 3.05) is 25.1 Å². The lowest BCUT2D eigenvalue weighted by Gasteiger charge is -2.17. The van der Waals surface area contributed by atoms with Crippen LogP contribution in [0.2, 0.25) is 0 Å². The van der Waals surface area contributed by atoms with Gasteiger partial charge in [0.15, 0.2) is 0 Å². The van der Waals surface area contributed by atoms with Crippen LogP contribution in [0.15, 0.2) is 66.7 Å². The van der Waals surface area contributed by atoms with E-state index in [9.17, 15) is 18.3 Å². The van der Waals surface area contributed by atoms with Gasteiger partial charge in [-0.15, -0.1) is 24.8 Å². The first kappa shape index (κ1) is 32.6. The van der Waals surface area contributed by atoms with Crippen molar-refractivity contribution in [3.8, 4) is 11.1 Å². The van der Waals surface area contributed by atoms with Gasteiger partial charge in [-0.3, -0.25) is 4.79 Å². The zero-order chi connectivity index (χ0) is 26.4. The number of nitrogens with two attached hydrogens (primary N) is 1. The smallest absolute Gasteiger partial charge is 0.265 e. The first-order valence-corrected chi connectivity index (χ1v) is 14.6. The number of hydrogen-bond donors (Lipinski definition) is 4. The van der Waals surface area contributed by atoms with Gasteiger partial charge in [-0.05, 0) is 77.7 Å². The molecule has 1 fully saturated rings. The molecular weight excluding hydrogens is 557 g/mol. The number of halogens is 2. The van der Waals surface area contributed by atoms with E-state index in [2.05, 4.69) is 34.3 Å². The van der Waals surface area contributed by atoms with Crippen LogP contribution in [0.3, 0.4) is 0 Å². The molecule has 1 atom stereocenters. The molecule has 10 heteroatoms. The first-order valence-electron chi connectivity index (χ1n) is 12.7. The minimum absolute atomic E-state index is 0. The van der Waals surface area contributed by atoms with Gasteiger partial charge in [0.1, 0.15) is 0 Å². The third kappa shape index (κ3) is 9.22. The van der Waals surface area contributed by atoms with Crippen LogP contribution >= 0.6 is 24.8 Å². The topological polar surface area (TPSA) is 122 Å².